The molecule has 0 saturated heterocycles. The molecule has 0 N–H and O–H groups in total. The minimum Gasteiger partial charge on any atom is -0.305 e. The van der Waals surface area contributed by atoms with Gasteiger partial charge in [-0.3, -0.25) is 14.2 Å². The lowest BCUT2D eigenvalue weighted by Crippen LogP contribution is -2.40. The molecule has 7 heteroatoms. The SMILES string of the molecule is Cc1ccc(-n2ccn(Cc3cccc(C(F)(F)F)c3)c(=O)c2=O)cc1C. The number of rotatable bonds is 3. The lowest BCUT2D eigenvalue weighted by Gasteiger charge is -2.12. The third-order valence-corrected chi connectivity index (χ3v) is 4.43. The van der Waals surface area contributed by atoms with Gasteiger partial charge in [0, 0.05) is 18.1 Å². The van der Waals surface area contributed by atoms with Crippen LogP contribution in [0.25, 0.3) is 5.69 Å². The van der Waals surface area contributed by atoms with E-state index in [2.05, 4.69) is 0 Å². The second kappa shape index (κ2) is 6.90. The molecule has 3 rings (SSSR count). The van der Waals surface area contributed by atoms with Crippen LogP contribution < -0.4 is 11.1 Å². The Labute approximate surface area is 153 Å². The van der Waals surface area contributed by atoms with Crippen LogP contribution in [0.1, 0.15) is 22.3 Å². The zero-order valence-corrected chi connectivity index (χ0v) is 14.7. The Hall–Kier alpha value is -3.09. The van der Waals surface area contributed by atoms with Crippen molar-refractivity contribution in [2.45, 2.75) is 26.6 Å². The predicted octanol–water partition coefficient (Wildman–Crippen LogP) is 3.68. The first-order valence-corrected chi connectivity index (χ1v) is 8.22. The van der Waals surface area contributed by atoms with Crippen molar-refractivity contribution >= 4 is 0 Å². The third-order valence-electron chi connectivity index (χ3n) is 4.43. The highest BCUT2D eigenvalue weighted by Crippen LogP contribution is 2.29. The van der Waals surface area contributed by atoms with Gasteiger partial charge in [-0.05, 0) is 54.8 Å². The Morgan fingerprint density at radius 2 is 1.63 bits per heavy atom. The van der Waals surface area contributed by atoms with Crippen molar-refractivity contribution < 1.29 is 13.2 Å². The van der Waals surface area contributed by atoms with Gasteiger partial charge in [-0.15, -0.1) is 0 Å². The number of aryl methyl sites for hydroxylation is 2. The maximum atomic E-state index is 12.8. The summed E-state index contributed by atoms with van der Waals surface area (Å²) in [6.07, 6.45) is -1.62. The third kappa shape index (κ3) is 3.86. The van der Waals surface area contributed by atoms with Gasteiger partial charge in [-0.25, -0.2) is 0 Å². The molecule has 3 aromatic rings. The zero-order chi connectivity index (χ0) is 19.8. The first-order chi connectivity index (χ1) is 12.7. The molecule has 0 unspecified atom stereocenters. The molecule has 0 fully saturated rings. The van der Waals surface area contributed by atoms with E-state index >= 15 is 0 Å². The average molecular weight is 374 g/mol. The van der Waals surface area contributed by atoms with Gasteiger partial charge in [0.1, 0.15) is 0 Å². The second-order valence-electron chi connectivity index (χ2n) is 6.37. The molecule has 2 aromatic carbocycles. The Balaban J connectivity index is 1.98. The van der Waals surface area contributed by atoms with E-state index in [1.54, 1.807) is 12.1 Å². The van der Waals surface area contributed by atoms with Crippen LogP contribution in [0.15, 0.2) is 64.4 Å². The number of hydrogen-bond donors (Lipinski definition) is 0. The highest BCUT2D eigenvalue weighted by atomic mass is 19.4. The van der Waals surface area contributed by atoms with E-state index in [9.17, 15) is 22.8 Å². The molecular formula is C20H17F3N2O2. The fraction of sp³-hybridized carbons (Fsp3) is 0.200. The number of alkyl halides is 3. The zero-order valence-electron chi connectivity index (χ0n) is 14.7. The molecule has 0 radical (unpaired) electrons. The van der Waals surface area contributed by atoms with Gasteiger partial charge in [-0.2, -0.15) is 13.2 Å². The van der Waals surface area contributed by atoms with E-state index in [1.165, 1.54) is 29.1 Å². The summed E-state index contributed by atoms with van der Waals surface area (Å²) in [6, 6.07) is 10.1. The molecule has 0 spiro atoms. The fourth-order valence-corrected chi connectivity index (χ4v) is 2.75. The number of halogens is 3. The van der Waals surface area contributed by atoms with Crippen molar-refractivity contribution in [3.05, 3.63) is 97.8 Å². The summed E-state index contributed by atoms with van der Waals surface area (Å²) >= 11 is 0. The summed E-state index contributed by atoms with van der Waals surface area (Å²) in [5.41, 5.74) is 0.538. The van der Waals surface area contributed by atoms with Crippen LogP contribution in [-0.4, -0.2) is 9.13 Å². The molecule has 140 valence electrons. The Bertz CT molecular complexity index is 1110. The molecule has 0 bridgehead atoms. The summed E-state index contributed by atoms with van der Waals surface area (Å²) in [4.78, 5) is 24.9. The summed E-state index contributed by atoms with van der Waals surface area (Å²) in [5, 5.41) is 0. The lowest BCUT2D eigenvalue weighted by atomic mass is 10.1. The van der Waals surface area contributed by atoms with Crippen LogP contribution in [0.5, 0.6) is 0 Å². The molecule has 1 heterocycles. The molecule has 0 saturated carbocycles. The number of hydrogen-bond acceptors (Lipinski definition) is 2. The summed E-state index contributed by atoms with van der Waals surface area (Å²) < 4.78 is 40.8. The van der Waals surface area contributed by atoms with Crippen molar-refractivity contribution in [2.75, 3.05) is 0 Å². The van der Waals surface area contributed by atoms with E-state index in [0.717, 1.165) is 27.8 Å². The first-order valence-electron chi connectivity index (χ1n) is 8.22. The van der Waals surface area contributed by atoms with Gasteiger partial charge < -0.3 is 4.57 Å². The van der Waals surface area contributed by atoms with Crippen molar-refractivity contribution in [2.24, 2.45) is 0 Å². The van der Waals surface area contributed by atoms with Crippen LogP contribution in [0.2, 0.25) is 0 Å². The van der Waals surface area contributed by atoms with E-state index in [0.29, 0.717) is 5.69 Å². The predicted molar refractivity (Wildman–Crippen MR) is 96.3 cm³/mol. The molecule has 0 aliphatic rings. The van der Waals surface area contributed by atoms with E-state index in [1.807, 2.05) is 19.9 Å². The lowest BCUT2D eigenvalue weighted by molar-refractivity contribution is -0.137. The normalized spacial score (nSPS) is 11.6. The number of benzene rings is 2. The van der Waals surface area contributed by atoms with E-state index in [4.69, 9.17) is 0 Å². The average Bonchev–Trinajstić information content (AvgIpc) is 2.61. The number of nitrogens with zero attached hydrogens (tertiary/aromatic N) is 2. The maximum Gasteiger partial charge on any atom is 0.416 e. The van der Waals surface area contributed by atoms with Crippen LogP contribution in [-0.2, 0) is 12.7 Å². The Kier molecular flexibility index (Phi) is 4.78. The minimum atomic E-state index is -4.46. The topological polar surface area (TPSA) is 44.0 Å². The van der Waals surface area contributed by atoms with Gasteiger partial charge in [0.05, 0.1) is 12.1 Å². The van der Waals surface area contributed by atoms with E-state index in [-0.39, 0.29) is 12.1 Å². The molecule has 4 nitrogen and oxygen atoms in total. The van der Waals surface area contributed by atoms with Crippen LogP contribution >= 0.6 is 0 Å². The van der Waals surface area contributed by atoms with Gasteiger partial charge in [0.25, 0.3) is 0 Å². The fourth-order valence-electron chi connectivity index (χ4n) is 2.75. The molecule has 0 aliphatic heterocycles. The van der Waals surface area contributed by atoms with Gasteiger partial charge in [0.15, 0.2) is 0 Å². The minimum absolute atomic E-state index is 0.119. The maximum absolute atomic E-state index is 12.8. The Morgan fingerprint density at radius 1 is 0.889 bits per heavy atom. The van der Waals surface area contributed by atoms with Gasteiger partial charge in [-0.1, -0.05) is 18.2 Å². The quantitative estimate of drug-likeness (QED) is 0.657. The van der Waals surface area contributed by atoms with Crippen LogP contribution in [0.3, 0.4) is 0 Å². The first kappa shape index (κ1) is 18.7. The molecule has 0 amide bonds. The summed E-state index contributed by atoms with van der Waals surface area (Å²) in [7, 11) is 0. The highest BCUT2D eigenvalue weighted by Gasteiger charge is 2.30. The highest BCUT2D eigenvalue weighted by molar-refractivity contribution is 5.39. The summed E-state index contributed by atoms with van der Waals surface area (Å²) in [5.74, 6) is 0. The van der Waals surface area contributed by atoms with Crippen molar-refractivity contribution in [3.8, 4) is 5.69 Å². The smallest absolute Gasteiger partial charge is 0.305 e. The van der Waals surface area contributed by atoms with Crippen molar-refractivity contribution in [1.29, 1.82) is 0 Å². The summed E-state index contributed by atoms with van der Waals surface area (Å²) in [6.45, 7) is 3.72. The largest absolute Gasteiger partial charge is 0.416 e. The van der Waals surface area contributed by atoms with Gasteiger partial charge >= 0.3 is 17.3 Å². The Morgan fingerprint density at radius 3 is 2.30 bits per heavy atom. The molecule has 1 aromatic heterocycles. The van der Waals surface area contributed by atoms with Crippen molar-refractivity contribution in [3.63, 3.8) is 0 Å². The molecule has 0 atom stereocenters. The van der Waals surface area contributed by atoms with Crippen LogP contribution in [0, 0.1) is 13.8 Å². The second-order valence-corrected chi connectivity index (χ2v) is 6.37. The molecule has 27 heavy (non-hydrogen) atoms. The molecule has 0 aliphatic carbocycles. The monoisotopic (exact) mass is 374 g/mol. The van der Waals surface area contributed by atoms with Crippen LogP contribution in [0.4, 0.5) is 13.2 Å². The van der Waals surface area contributed by atoms with E-state index < -0.39 is 22.9 Å². The standard InChI is InChI=1S/C20H17F3N2O2/c1-13-6-7-17(10-14(13)2)25-9-8-24(18(26)19(25)27)12-15-4-3-5-16(11-15)20(21,22)23/h3-11H,12H2,1-2H3. The van der Waals surface area contributed by atoms with Crippen molar-refractivity contribution in [1.82, 2.24) is 9.13 Å². The van der Waals surface area contributed by atoms with Gasteiger partial charge in [0.2, 0.25) is 0 Å². The number of aromatic nitrogens is 2. The molecular weight excluding hydrogens is 357 g/mol.